The van der Waals surface area contributed by atoms with Gasteiger partial charge >= 0.3 is 0 Å². The van der Waals surface area contributed by atoms with Gasteiger partial charge in [-0.25, -0.2) is 4.39 Å². The molecular weight excluding hydrogens is 359 g/mol. The summed E-state index contributed by atoms with van der Waals surface area (Å²) in [6.45, 7) is 4.07. The van der Waals surface area contributed by atoms with E-state index in [4.69, 9.17) is 4.74 Å². The highest BCUT2D eigenvalue weighted by Gasteiger charge is 2.24. The van der Waals surface area contributed by atoms with Gasteiger partial charge in [-0.3, -0.25) is 9.59 Å². The van der Waals surface area contributed by atoms with Crippen molar-refractivity contribution in [3.05, 3.63) is 65.5 Å². The minimum absolute atomic E-state index is 0.00156. The van der Waals surface area contributed by atoms with Crippen molar-refractivity contribution in [2.24, 2.45) is 0 Å². The Hall–Kier alpha value is -2.89. The van der Waals surface area contributed by atoms with E-state index in [2.05, 4.69) is 0 Å². The number of carbonyl (C=O) groups excluding carboxylic acids is 2. The molecule has 0 atom stereocenters. The molecule has 2 aromatic rings. The Kier molecular flexibility index (Phi) is 6.63. The van der Waals surface area contributed by atoms with Crippen molar-refractivity contribution in [2.45, 2.75) is 19.8 Å². The quantitative estimate of drug-likeness (QED) is 0.770. The zero-order valence-corrected chi connectivity index (χ0v) is 16.1. The van der Waals surface area contributed by atoms with E-state index in [0.29, 0.717) is 44.8 Å². The Bertz CT molecular complexity index is 728. The van der Waals surface area contributed by atoms with Crippen LogP contribution in [0.4, 0.5) is 4.39 Å². The van der Waals surface area contributed by atoms with Crippen LogP contribution in [0, 0.1) is 12.7 Å². The van der Waals surface area contributed by atoms with E-state index in [1.54, 1.807) is 21.9 Å². The Morgan fingerprint density at radius 1 is 0.893 bits per heavy atom. The second-order valence-corrected chi connectivity index (χ2v) is 6.99. The molecule has 1 fully saturated rings. The first kappa shape index (κ1) is 19.9. The minimum Gasteiger partial charge on any atom is -0.484 e. The van der Waals surface area contributed by atoms with Gasteiger partial charge in [0.15, 0.2) is 6.61 Å². The van der Waals surface area contributed by atoms with Gasteiger partial charge in [0.05, 0.1) is 0 Å². The van der Waals surface area contributed by atoms with Crippen LogP contribution in [0.25, 0.3) is 0 Å². The highest BCUT2D eigenvalue weighted by atomic mass is 19.1. The number of ether oxygens (including phenoxy) is 1. The molecule has 0 unspecified atom stereocenters. The fourth-order valence-corrected chi connectivity index (χ4v) is 3.14. The summed E-state index contributed by atoms with van der Waals surface area (Å²) in [5, 5.41) is 0. The summed E-state index contributed by atoms with van der Waals surface area (Å²) in [7, 11) is 0. The van der Waals surface area contributed by atoms with Gasteiger partial charge in [0.1, 0.15) is 11.6 Å². The molecule has 0 N–H and O–H groups in total. The molecule has 0 aliphatic carbocycles. The van der Waals surface area contributed by atoms with Crippen molar-refractivity contribution in [3.8, 4) is 5.75 Å². The van der Waals surface area contributed by atoms with Gasteiger partial charge in [-0.05, 0) is 43.2 Å². The summed E-state index contributed by atoms with van der Waals surface area (Å²) in [6.07, 6.45) is 0.971. The van der Waals surface area contributed by atoms with E-state index in [-0.39, 0.29) is 24.2 Å². The average molecular weight is 384 g/mol. The number of benzene rings is 2. The molecule has 0 radical (unpaired) electrons. The van der Waals surface area contributed by atoms with Gasteiger partial charge in [0.2, 0.25) is 5.91 Å². The number of halogens is 1. The van der Waals surface area contributed by atoms with E-state index < -0.39 is 0 Å². The van der Waals surface area contributed by atoms with Crippen LogP contribution in [-0.4, -0.2) is 54.4 Å². The van der Waals surface area contributed by atoms with Crippen molar-refractivity contribution in [1.29, 1.82) is 0 Å². The first-order valence-electron chi connectivity index (χ1n) is 9.51. The van der Waals surface area contributed by atoms with Crippen LogP contribution >= 0.6 is 0 Å². The molecule has 1 aliphatic rings. The summed E-state index contributed by atoms with van der Waals surface area (Å²) in [6, 6.07) is 13.8. The summed E-state index contributed by atoms with van der Waals surface area (Å²) < 4.78 is 18.5. The van der Waals surface area contributed by atoms with Crippen molar-refractivity contribution >= 4 is 11.8 Å². The number of piperazine rings is 1. The van der Waals surface area contributed by atoms with E-state index in [1.807, 2.05) is 31.2 Å². The minimum atomic E-state index is -0.276. The van der Waals surface area contributed by atoms with E-state index in [0.717, 1.165) is 11.1 Å². The van der Waals surface area contributed by atoms with E-state index in [1.165, 1.54) is 12.1 Å². The highest BCUT2D eigenvalue weighted by molar-refractivity contribution is 5.79. The maximum atomic E-state index is 12.9. The Morgan fingerprint density at radius 3 is 2.07 bits per heavy atom. The number of hydrogen-bond acceptors (Lipinski definition) is 3. The molecule has 2 amide bonds. The van der Waals surface area contributed by atoms with E-state index in [9.17, 15) is 14.0 Å². The monoisotopic (exact) mass is 384 g/mol. The standard InChI is InChI=1S/C22H25FN2O3/c1-17-2-9-20(10-3-17)28-16-22(27)25-14-12-24(13-15-25)21(26)11-6-18-4-7-19(23)8-5-18/h2-5,7-10H,6,11-16H2,1H3. The fraction of sp³-hybridized carbons (Fsp3) is 0.364. The molecule has 148 valence electrons. The van der Waals surface area contributed by atoms with Gasteiger partial charge in [0.25, 0.3) is 5.91 Å². The lowest BCUT2D eigenvalue weighted by atomic mass is 10.1. The molecule has 3 rings (SSSR count). The average Bonchev–Trinajstić information content (AvgIpc) is 2.72. The van der Waals surface area contributed by atoms with Crippen molar-refractivity contribution < 1.29 is 18.7 Å². The fourth-order valence-electron chi connectivity index (χ4n) is 3.14. The third-order valence-corrected chi connectivity index (χ3v) is 4.91. The lowest BCUT2D eigenvalue weighted by Gasteiger charge is -2.34. The molecular formula is C22H25FN2O3. The lowest BCUT2D eigenvalue weighted by molar-refractivity contribution is -0.140. The van der Waals surface area contributed by atoms with Gasteiger partial charge < -0.3 is 14.5 Å². The number of nitrogens with zero attached hydrogens (tertiary/aromatic N) is 2. The van der Waals surface area contributed by atoms with Crippen LogP contribution < -0.4 is 4.74 Å². The molecule has 0 saturated carbocycles. The van der Waals surface area contributed by atoms with Crippen LogP contribution in [0.2, 0.25) is 0 Å². The van der Waals surface area contributed by atoms with Crippen molar-refractivity contribution in [2.75, 3.05) is 32.8 Å². The zero-order chi connectivity index (χ0) is 19.9. The molecule has 2 aromatic carbocycles. The second-order valence-electron chi connectivity index (χ2n) is 6.99. The van der Waals surface area contributed by atoms with Crippen LogP contribution in [0.3, 0.4) is 0 Å². The van der Waals surface area contributed by atoms with Gasteiger partial charge in [0, 0.05) is 32.6 Å². The first-order valence-corrected chi connectivity index (χ1v) is 9.51. The number of carbonyl (C=O) groups is 2. The van der Waals surface area contributed by atoms with Crippen LogP contribution in [0.15, 0.2) is 48.5 Å². The van der Waals surface area contributed by atoms with Crippen molar-refractivity contribution in [3.63, 3.8) is 0 Å². The molecule has 1 aliphatic heterocycles. The van der Waals surface area contributed by atoms with Gasteiger partial charge in [-0.1, -0.05) is 29.8 Å². The molecule has 6 heteroatoms. The predicted octanol–water partition coefficient (Wildman–Crippen LogP) is 2.82. The summed E-state index contributed by atoms with van der Waals surface area (Å²) in [5.41, 5.74) is 2.08. The smallest absolute Gasteiger partial charge is 0.260 e. The molecule has 5 nitrogen and oxygen atoms in total. The molecule has 0 bridgehead atoms. The normalized spacial score (nSPS) is 14.1. The van der Waals surface area contributed by atoms with Crippen LogP contribution in [0.5, 0.6) is 5.75 Å². The zero-order valence-electron chi connectivity index (χ0n) is 16.1. The third kappa shape index (κ3) is 5.55. The highest BCUT2D eigenvalue weighted by Crippen LogP contribution is 2.12. The molecule has 1 heterocycles. The topological polar surface area (TPSA) is 49.9 Å². The molecule has 0 aromatic heterocycles. The molecule has 28 heavy (non-hydrogen) atoms. The number of hydrogen-bond donors (Lipinski definition) is 0. The maximum Gasteiger partial charge on any atom is 0.260 e. The largest absolute Gasteiger partial charge is 0.484 e. The molecule has 1 saturated heterocycles. The van der Waals surface area contributed by atoms with Crippen LogP contribution in [-0.2, 0) is 16.0 Å². The summed E-state index contributed by atoms with van der Waals surface area (Å²) in [4.78, 5) is 28.2. The first-order chi connectivity index (χ1) is 13.5. The second kappa shape index (κ2) is 9.35. The SMILES string of the molecule is Cc1ccc(OCC(=O)N2CCN(C(=O)CCc3ccc(F)cc3)CC2)cc1. The Morgan fingerprint density at radius 2 is 1.46 bits per heavy atom. The summed E-state index contributed by atoms with van der Waals surface area (Å²) in [5.74, 6) is 0.391. The predicted molar refractivity (Wildman–Crippen MR) is 105 cm³/mol. The lowest BCUT2D eigenvalue weighted by Crippen LogP contribution is -2.51. The van der Waals surface area contributed by atoms with Crippen molar-refractivity contribution in [1.82, 2.24) is 9.80 Å². The van der Waals surface area contributed by atoms with Gasteiger partial charge in [-0.2, -0.15) is 0 Å². The Balaban J connectivity index is 1.39. The summed E-state index contributed by atoms with van der Waals surface area (Å²) >= 11 is 0. The van der Waals surface area contributed by atoms with E-state index >= 15 is 0 Å². The number of amides is 2. The number of aryl methyl sites for hydroxylation is 2. The number of rotatable bonds is 6. The van der Waals surface area contributed by atoms with Crippen LogP contribution in [0.1, 0.15) is 17.5 Å². The Labute approximate surface area is 164 Å². The van der Waals surface area contributed by atoms with Gasteiger partial charge in [-0.15, -0.1) is 0 Å². The maximum absolute atomic E-state index is 12.9. The third-order valence-electron chi connectivity index (χ3n) is 4.91. The molecule has 0 spiro atoms.